The van der Waals surface area contributed by atoms with Gasteiger partial charge in [-0.2, -0.15) is 0 Å². The number of hydrogen-bond donors (Lipinski definition) is 0. The van der Waals surface area contributed by atoms with Crippen molar-refractivity contribution in [2.45, 2.75) is 5.41 Å². The molecular weight excluding hydrogens is 629 g/mol. The summed E-state index contributed by atoms with van der Waals surface area (Å²) >= 11 is 0. The standard InChI is InChI=1S/C51H30O/c1-2-12-31(13-3-1)33-26-28-47-49-39(33)17-10-19-41(49)42-20-11-18-40-34(27-29-48(52-47)50(40)42)32-24-25-38-37-16-6-9-23-45(37)51(46(38)30-32)43-21-7-4-14-35(43)36-15-5-8-22-44(36)51/h1-30H. The molecule has 1 heteroatoms. The maximum atomic E-state index is 6.90. The van der Waals surface area contributed by atoms with Crippen LogP contribution in [0.4, 0.5) is 0 Å². The van der Waals surface area contributed by atoms with Crippen molar-refractivity contribution in [3.63, 3.8) is 0 Å². The van der Waals surface area contributed by atoms with Gasteiger partial charge in [0.1, 0.15) is 11.2 Å². The summed E-state index contributed by atoms with van der Waals surface area (Å²) in [6.07, 6.45) is 0. The van der Waals surface area contributed by atoms with E-state index in [2.05, 4.69) is 182 Å². The van der Waals surface area contributed by atoms with Crippen LogP contribution in [0.2, 0.25) is 0 Å². The fourth-order valence-electron chi connectivity index (χ4n) is 9.87. The molecule has 0 N–H and O–H groups in total. The van der Waals surface area contributed by atoms with E-state index in [1.165, 1.54) is 88.3 Å². The monoisotopic (exact) mass is 658 g/mol. The van der Waals surface area contributed by atoms with E-state index < -0.39 is 0 Å². The van der Waals surface area contributed by atoms with Crippen molar-refractivity contribution in [2.75, 3.05) is 0 Å². The zero-order chi connectivity index (χ0) is 34.0. The largest absolute Gasteiger partial charge is 0.456 e. The first-order valence-corrected chi connectivity index (χ1v) is 18.1. The maximum Gasteiger partial charge on any atom is 0.135 e. The highest BCUT2D eigenvalue weighted by Gasteiger charge is 2.51. The minimum Gasteiger partial charge on any atom is -0.456 e. The van der Waals surface area contributed by atoms with Gasteiger partial charge in [0.25, 0.3) is 0 Å². The second kappa shape index (κ2) is 10.2. The Morgan fingerprint density at radius 1 is 0.288 bits per heavy atom. The summed E-state index contributed by atoms with van der Waals surface area (Å²) in [4.78, 5) is 0. The van der Waals surface area contributed by atoms with Crippen molar-refractivity contribution in [2.24, 2.45) is 0 Å². The summed E-state index contributed by atoms with van der Waals surface area (Å²) in [6.45, 7) is 0. The fourth-order valence-corrected chi connectivity index (χ4v) is 9.87. The summed E-state index contributed by atoms with van der Waals surface area (Å²) in [5.41, 5.74) is 17.0. The van der Waals surface area contributed by atoms with Gasteiger partial charge in [0.2, 0.25) is 0 Å². The Morgan fingerprint density at radius 3 is 1.29 bits per heavy atom. The van der Waals surface area contributed by atoms with Crippen molar-refractivity contribution in [1.82, 2.24) is 0 Å². The van der Waals surface area contributed by atoms with Crippen LogP contribution in [-0.2, 0) is 5.41 Å². The number of fused-ring (bicyclic) bond motifs is 11. The molecule has 0 saturated carbocycles. The molecule has 240 valence electrons. The van der Waals surface area contributed by atoms with Gasteiger partial charge < -0.3 is 4.42 Å². The average molecular weight is 659 g/mol. The molecule has 0 amide bonds. The van der Waals surface area contributed by atoms with E-state index in [0.29, 0.717) is 0 Å². The minimum atomic E-state index is -0.379. The molecule has 12 rings (SSSR count). The third-order valence-electron chi connectivity index (χ3n) is 11.9. The SMILES string of the molecule is c1ccc(-c2ccc3oc4ccc(-c5ccc6c(c5)C5(c7ccccc7-c7ccccc75)c5ccccc5-6)c5cccc(c6cccc2c36)c45)cc1. The molecule has 0 fully saturated rings. The lowest BCUT2D eigenvalue weighted by molar-refractivity contribution is 0.664. The van der Waals surface area contributed by atoms with Gasteiger partial charge in [0, 0.05) is 10.8 Å². The van der Waals surface area contributed by atoms with Crippen LogP contribution in [0.1, 0.15) is 22.3 Å². The molecule has 0 unspecified atom stereocenters. The normalized spacial score (nSPS) is 13.5. The second-order valence-electron chi connectivity index (χ2n) is 14.3. The number of rotatable bonds is 2. The van der Waals surface area contributed by atoms with Crippen LogP contribution in [0.5, 0.6) is 0 Å². The molecule has 2 aliphatic rings. The molecule has 1 heterocycles. The molecule has 0 bridgehead atoms. The molecule has 1 aromatic heterocycles. The Morgan fingerprint density at radius 2 is 0.731 bits per heavy atom. The van der Waals surface area contributed by atoms with Gasteiger partial charge in [-0.05, 0) is 107 Å². The van der Waals surface area contributed by atoms with Crippen LogP contribution < -0.4 is 0 Å². The molecule has 0 aliphatic heterocycles. The molecule has 10 aromatic rings. The summed E-state index contributed by atoms with van der Waals surface area (Å²) < 4.78 is 6.90. The molecule has 0 saturated heterocycles. The van der Waals surface area contributed by atoms with Gasteiger partial charge in [-0.25, -0.2) is 0 Å². The Labute approximate surface area is 301 Å². The van der Waals surface area contributed by atoms with E-state index in [1.807, 2.05) is 0 Å². The molecule has 9 aromatic carbocycles. The highest BCUT2D eigenvalue weighted by atomic mass is 16.3. The Bertz CT molecular complexity index is 3060. The van der Waals surface area contributed by atoms with Crippen molar-refractivity contribution < 1.29 is 4.42 Å². The van der Waals surface area contributed by atoms with Crippen LogP contribution >= 0.6 is 0 Å². The topological polar surface area (TPSA) is 13.1 Å². The third kappa shape index (κ3) is 3.48. The molecule has 1 spiro atoms. The lowest BCUT2D eigenvalue weighted by Gasteiger charge is -2.30. The zero-order valence-corrected chi connectivity index (χ0v) is 28.2. The van der Waals surface area contributed by atoms with Gasteiger partial charge in [0.05, 0.1) is 5.41 Å². The van der Waals surface area contributed by atoms with Crippen molar-refractivity contribution in [3.05, 3.63) is 204 Å². The highest BCUT2D eigenvalue weighted by Crippen LogP contribution is 2.63. The third-order valence-corrected chi connectivity index (χ3v) is 11.9. The lowest BCUT2D eigenvalue weighted by atomic mass is 9.70. The quantitative estimate of drug-likeness (QED) is 0.180. The first kappa shape index (κ1) is 28.0. The predicted octanol–water partition coefficient (Wildman–Crippen LogP) is 13.6. The summed E-state index contributed by atoms with van der Waals surface area (Å²) in [7, 11) is 0. The molecule has 0 radical (unpaired) electrons. The van der Waals surface area contributed by atoms with Crippen molar-refractivity contribution in [3.8, 4) is 44.5 Å². The van der Waals surface area contributed by atoms with E-state index >= 15 is 0 Å². The van der Waals surface area contributed by atoms with Crippen molar-refractivity contribution in [1.29, 1.82) is 0 Å². The molecular formula is C51H30O. The van der Waals surface area contributed by atoms with E-state index in [-0.39, 0.29) is 5.41 Å². The summed E-state index contributed by atoms with van der Waals surface area (Å²) in [6, 6.07) is 67.1. The number of hydrogen-bond acceptors (Lipinski definition) is 1. The second-order valence-corrected chi connectivity index (χ2v) is 14.3. The molecule has 1 nitrogen and oxygen atoms in total. The smallest absolute Gasteiger partial charge is 0.135 e. The van der Waals surface area contributed by atoms with Crippen LogP contribution in [0.3, 0.4) is 0 Å². The first-order valence-electron chi connectivity index (χ1n) is 18.1. The molecule has 0 atom stereocenters. The van der Waals surface area contributed by atoms with Crippen LogP contribution in [0, 0.1) is 0 Å². The molecule has 52 heavy (non-hydrogen) atoms. The van der Waals surface area contributed by atoms with Gasteiger partial charge in [0.15, 0.2) is 0 Å². The van der Waals surface area contributed by atoms with Gasteiger partial charge in [-0.15, -0.1) is 0 Å². The minimum absolute atomic E-state index is 0.379. The Hall–Kier alpha value is -6.70. The average Bonchev–Trinajstić information content (AvgIpc) is 3.62. The van der Waals surface area contributed by atoms with Gasteiger partial charge >= 0.3 is 0 Å². The Balaban J connectivity index is 1.14. The predicted molar refractivity (Wildman–Crippen MR) is 216 cm³/mol. The van der Waals surface area contributed by atoms with Crippen LogP contribution in [0.15, 0.2) is 186 Å². The fraction of sp³-hybridized carbons (Fsp3) is 0.0196. The van der Waals surface area contributed by atoms with E-state index in [9.17, 15) is 0 Å². The Kier molecular flexibility index (Phi) is 5.49. The summed E-state index contributed by atoms with van der Waals surface area (Å²) in [5, 5.41) is 7.11. The van der Waals surface area contributed by atoms with E-state index in [1.54, 1.807) is 0 Å². The van der Waals surface area contributed by atoms with E-state index in [4.69, 9.17) is 4.42 Å². The maximum absolute atomic E-state index is 6.90. The van der Waals surface area contributed by atoms with Crippen LogP contribution in [0.25, 0.3) is 88.0 Å². The van der Waals surface area contributed by atoms with Gasteiger partial charge in [-0.1, -0.05) is 164 Å². The van der Waals surface area contributed by atoms with E-state index in [0.717, 1.165) is 21.9 Å². The van der Waals surface area contributed by atoms with Gasteiger partial charge in [-0.3, -0.25) is 0 Å². The van der Waals surface area contributed by atoms with Crippen LogP contribution in [-0.4, -0.2) is 0 Å². The molecule has 2 aliphatic carbocycles. The highest BCUT2D eigenvalue weighted by molar-refractivity contribution is 6.26. The first-order chi connectivity index (χ1) is 25.8. The zero-order valence-electron chi connectivity index (χ0n) is 28.2. The number of benzene rings is 9. The van der Waals surface area contributed by atoms with Crippen molar-refractivity contribution >= 4 is 43.5 Å². The summed E-state index contributed by atoms with van der Waals surface area (Å²) in [5.74, 6) is 0. The lowest BCUT2D eigenvalue weighted by Crippen LogP contribution is -2.25.